The Morgan fingerprint density at radius 2 is 1.74 bits per heavy atom. The largest absolute Gasteiger partial charge is 0.504 e. The fourth-order valence-corrected chi connectivity index (χ4v) is 2.48. The smallest absolute Gasteiger partial charge is 0.331 e. The van der Waals surface area contributed by atoms with E-state index in [0.717, 1.165) is 23.5 Å². The van der Waals surface area contributed by atoms with Gasteiger partial charge in [0.15, 0.2) is 0 Å². The number of hydrogen-bond acceptors (Lipinski definition) is 2. The molecule has 0 spiro atoms. The summed E-state index contributed by atoms with van der Waals surface area (Å²) in [6.45, 7) is 0. The second-order valence-electron chi connectivity index (χ2n) is 5.29. The lowest BCUT2D eigenvalue weighted by Crippen LogP contribution is -1.85. The highest BCUT2D eigenvalue weighted by atomic mass is 35.5. The van der Waals surface area contributed by atoms with E-state index >= 15 is 0 Å². The molecule has 0 aliphatic carbocycles. The van der Waals surface area contributed by atoms with Gasteiger partial charge < -0.3 is 9.84 Å². The summed E-state index contributed by atoms with van der Waals surface area (Å²) in [7, 11) is 1.39. The molecule has 27 heavy (non-hydrogen) atoms. The summed E-state index contributed by atoms with van der Waals surface area (Å²) < 4.78 is 4.29. The SMILES string of the molecule is COC=CC(=O)O.Clc1cccc(C#Cc2ccc3ccccc3c2)c1Cl. The first kappa shape index (κ1) is 20.4. The Hall–Kier alpha value is -2.93. The Balaban J connectivity index is 0.000000321. The van der Waals surface area contributed by atoms with Gasteiger partial charge in [-0.3, -0.25) is 0 Å². The first-order valence-corrected chi connectivity index (χ1v) is 8.64. The zero-order valence-electron chi connectivity index (χ0n) is 14.4. The standard InChI is InChI=1S/C18H10Cl2.C4H6O3/c19-17-7-3-6-15(18(17)20)11-9-13-8-10-14-4-1-2-5-16(14)12-13;1-7-3-2-4(5)6/h1-8,10,12H;2-3H,1H3,(H,5,6). The molecule has 0 amide bonds. The first-order valence-electron chi connectivity index (χ1n) is 7.88. The molecule has 0 aliphatic rings. The van der Waals surface area contributed by atoms with Gasteiger partial charge in [0.1, 0.15) is 0 Å². The lowest BCUT2D eigenvalue weighted by atomic mass is 10.1. The molecule has 0 aliphatic heterocycles. The van der Waals surface area contributed by atoms with Crippen molar-refractivity contribution in [2.45, 2.75) is 0 Å². The second kappa shape index (κ2) is 10.3. The van der Waals surface area contributed by atoms with E-state index in [4.69, 9.17) is 28.3 Å². The Morgan fingerprint density at radius 3 is 2.41 bits per heavy atom. The fraction of sp³-hybridized carbons (Fsp3) is 0.0455. The maximum absolute atomic E-state index is 9.59. The molecular formula is C22H16Cl2O3. The number of carboxylic acid groups (broad SMARTS) is 1. The third-order valence-electron chi connectivity index (χ3n) is 3.39. The molecule has 0 atom stereocenters. The van der Waals surface area contributed by atoms with Gasteiger partial charge in [0.25, 0.3) is 0 Å². The van der Waals surface area contributed by atoms with Crippen molar-refractivity contribution in [2.75, 3.05) is 7.11 Å². The van der Waals surface area contributed by atoms with Crippen LogP contribution in [0.25, 0.3) is 10.8 Å². The zero-order chi connectivity index (χ0) is 19.6. The van der Waals surface area contributed by atoms with Crippen molar-refractivity contribution in [3.05, 3.63) is 94.2 Å². The van der Waals surface area contributed by atoms with Gasteiger partial charge in [0, 0.05) is 11.1 Å². The maximum Gasteiger partial charge on any atom is 0.331 e. The molecule has 0 fully saturated rings. The number of methoxy groups -OCH3 is 1. The van der Waals surface area contributed by atoms with Crippen molar-refractivity contribution in [3.63, 3.8) is 0 Å². The van der Waals surface area contributed by atoms with Crippen LogP contribution in [-0.2, 0) is 9.53 Å². The average molecular weight is 399 g/mol. The van der Waals surface area contributed by atoms with E-state index < -0.39 is 5.97 Å². The van der Waals surface area contributed by atoms with Crippen LogP contribution in [0.5, 0.6) is 0 Å². The molecule has 0 unspecified atom stereocenters. The van der Waals surface area contributed by atoms with Gasteiger partial charge in [-0.15, -0.1) is 0 Å². The molecule has 0 radical (unpaired) electrons. The van der Waals surface area contributed by atoms with Crippen molar-refractivity contribution in [1.82, 2.24) is 0 Å². The van der Waals surface area contributed by atoms with E-state index in [2.05, 4.69) is 40.8 Å². The molecule has 0 heterocycles. The molecule has 0 saturated carbocycles. The van der Waals surface area contributed by atoms with E-state index in [1.54, 1.807) is 6.07 Å². The van der Waals surface area contributed by atoms with Crippen LogP contribution in [0.1, 0.15) is 11.1 Å². The van der Waals surface area contributed by atoms with Crippen LogP contribution in [0.3, 0.4) is 0 Å². The second-order valence-corrected chi connectivity index (χ2v) is 6.08. The van der Waals surface area contributed by atoms with Gasteiger partial charge in [0.05, 0.1) is 29.5 Å². The average Bonchev–Trinajstić information content (AvgIpc) is 2.68. The minimum Gasteiger partial charge on any atom is -0.504 e. The minimum atomic E-state index is -0.998. The van der Waals surface area contributed by atoms with Gasteiger partial charge in [-0.05, 0) is 35.0 Å². The molecule has 5 heteroatoms. The monoisotopic (exact) mass is 398 g/mol. The topological polar surface area (TPSA) is 46.5 Å². The van der Waals surface area contributed by atoms with Crippen LogP contribution in [0.4, 0.5) is 0 Å². The van der Waals surface area contributed by atoms with Crippen molar-refractivity contribution in [3.8, 4) is 11.8 Å². The van der Waals surface area contributed by atoms with E-state index in [0.29, 0.717) is 10.0 Å². The van der Waals surface area contributed by atoms with E-state index in [1.165, 1.54) is 17.9 Å². The summed E-state index contributed by atoms with van der Waals surface area (Å²) in [4.78, 5) is 9.59. The van der Waals surface area contributed by atoms with Crippen molar-refractivity contribution in [1.29, 1.82) is 0 Å². The van der Waals surface area contributed by atoms with Crippen LogP contribution in [-0.4, -0.2) is 18.2 Å². The molecule has 0 bridgehead atoms. The number of fused-ring (bicyclic) bond motifs is 1. The molecule has 3 nitrogen and oxygen atoms in total. The number of carbonyl (C=O) groups is 1. The molecule has 1 N–H and O–H groups in total. The highest BCUT2D eigenvalue weighted by Crippen LogP contribution is 2.24. The highest BCUT2D eigenvalue weighted by Gasteiger charge is 2.00. The summed E-state index contributed by atoms with van der Waals surface area (Å²) in [6, 6.07) is 19.8. The van der Waals surface area contributed by atoms with Crippen LogP contribution in [0, 0.1) is 11.8 Å². The van der Waals surface area contributed by atoms with Crippen LogP contribution in [0.15, 0.2) is 73.0 Å². The van der Waals surface area contributed by atoms with E-state index in [-0.39, 0.29) is 0 Å². The number of aliphatic carboxylic acids is 1. The number of halogens is 2. The summed E-state index contributed by atoms with van der Waals surface area (Å²) in [5, 5.41) is 11.3. The van der Waals surface area contributed by atoms with E-state index in [1.807, 2.05) is 30.3 Å². The first-order chi connectivity index (χ1) is 13.0. The van der Waals surface area contributed by atoms with Crippen molar-refractivity contribution in [2.24, 2.45) is 0 Å². The summed E-state index contributed by atoms with van der Waals surface area (Å²) >= 11 is 12.1. The minimum absolute atomic E-state index is 0.502. The maximum atomic E-state index is 9.59. The van der Waals surface area contributed by atoms with Crippen LogP contribution >= 0.6 is 23.2 Å². The number of benzene rings is 3. The van der Waals surface area contributed by atoms with Crippen molar-refractivity contribution >= 4 is 39.9 Å². The molecule has 0 aromatic heterocycles. The Labute approximate surface area is 167 Å². The third-order valence-corrected chi connectivity index (χ3v) is 4.21. The molecule has 3 rings (SSSR count). The fourth-order valence-electron chi connectivity index (χ4n) is 2.13. The Morgan fingerprint density at radius 1 is 1.00 bits per heavy atom. The molecule has 3 aromatic rings. The molecule has 3 aromatic carbocycles. The lowest BCUT2D eigenvalue weighted by molar-refractivity contribution is -0.131. The highest BCUT2D eigenvalue weighted by molar-refractivity contribution is 6.42. The van der Waals surface area contributed by atoms with Gasteiger partial charge in [-0.25, -0.2) is 4.79 Å². The number of ether oxygens (including phenoxy) is 1. The third kappa shape index (κ3) is 6.38. The van der Waals surface area contributed by atoms with E-state index in [9.17, 15) is 4.79 Å². The number of carboxylic acids is 1. The normalized spacial score (nSPS) is 9.89. The van der Waals surface area contributed by atoms with Crippen LogP contribution < -0.4 is 0 Å². The predicted molar refractivity (Wildman–Crippen MR) is 110 cm³/mol. The summed E-state index contributed by atoms with van der Waals surface area (Å²) in [5.41, 5.74) is 1.70. The lowest BCUT2D eigenvalue weighted by Gasteiger charge is -1.99. The molecule has 136 valence electrons. The Kier molecular flexibility index (Phi) is 7.76. The summed E-state index contributed by atoms with van der Waals surface area (Å²) in [6.07, 6.45) is 2.02. The molecular weight excluding hydrogens is 383 g/mol. The predicted octanol–water partition coefficient (Wildman–Crippen LogP) is 5.78. The molecule has 0 saturated heterocycles. The van der Waals surface area contributed by atoms with Gasteiger partial charge in [0.2, 0.25) is 0 Å². The zero-order valence-corrected chi connectivity index (χ0v) is 16.0. The van der Waals surface area contributed by atoms with Gasteiger partial charge in [-0.2, -0.15) is 0 Å². The Bertz CT molecular complexity index is 1030. The van der Waals surface area contributed by atoms with Gasteiger partial charge in [-0.1, -0.05) is 71.4 Å². The number of hydrogen-bond donors (Lipinski definition) is 1. The van der Waals surface area contributed by atoms with Crippen LogP contribution in [0.2, 0.25) is 10.0 Å². The summed E-state index contributed by atoms with van der Waals surface area (Å²) in [5.74, 6) is 5.20. The van der Waals surface area contributed by atoms with Crippen molar-refractivity contribution < 1.29 is 14.6 Å². The number of rotatable bonds is 2. The quantitative estimate of drug-likeness (QED) is 0.338. The van der Waals surface area contributed by atoms with Gasteiger partial charge >= 0.3 is 5.97 Å².